The summed E-state index contributed by atoms with van der Waals surface area (Å²) >= 11 is 0. The lowest BCUT2D eigenvalue weighted by molar-refractivity contribution is -0.0893. The van der Waals surface area contributed by atoms with Crippen LogP contribution in [0.25, 0.3) is 11.3 Å². The number of piperazine rings is 1. The Kier molecular flexibility index (Phi) is 8.80. The van der Waals surface area contributed by atoms with E-state index in [4.69, 9.17) is 14.7 Å². The van der Waals surface area contributed by atoms with Gasteiger partial charge in [0.1, 0.15) is 11.4 Å². The lowest BCUT2D eigenvalue weighted by atomic mass is 9.80. The highest BCUT2D eigenvalue weighted by Gasteiger charge is 2.42. The van der Waals surface area contributed by atoms with Crippen LogP contribution in [-0.4, -0.2) is 77.1 Å². The highest BCUT2D eigenvalue weighted by Crippen LogP contribution is 2.41. The molecule has 210 valence electrons. The molecule has 3 aromatic rings. The maximum absolute atomic E-state index is 14.2. The Bertz CT molecular complexity index is 1320. The van der Waals surface area contributed by atoms with E-state index >= 15 is 0 Å². The van der Waals surface area contributed by atoms with Crippen molar-refractivity contribution in [2.75, 3.05) is 40.0 Å². The van der Waals surface area contributed by atoms with Gasteiger partial charge in [-0.2, -0.15) is 5.26 Å². The van der Waals surface area contributed by atoms with Gasteiger partial charge in [0.05, 0.1) is 42.9 Å². The molecule has 1 aliphatic carbocycles. The number of imidazole rings is 1. The van der Waals surface area contributed by atoms with E-state index in [0.29, 0.717) is 56.1 Å². The molecule has 1 saturated carbocycles. The second kappa shape index (κ2) is 12.6. The maximum atomic E-state index is 14.2. The zero-order chi connectivity index (χ0) is 28.0. The lowest BCUT2D eigenvalue weighted by Crippen LogP contribution is -2.54. The number of hydrogen-bond acceptors (Lipinski definition) is 7. The van der Waals surface area contributed by atoms with E-state index < -0.39 is 5.60 Å². The summed E-state index contributed by atoms with van der Waals surface area (Å²) in [6.07, 6.45) is 5.72. The largest absolute Gasteiger partial charge is 0.494 e. The molecule has 0 radical (unpaired) electrons. The second-order valence-corrected chi connectivity index (χ2v) is 10.6. The number of hydrogen-bond donors (Lipinski definition) is 2. The van der Waals surface area contributed by atoms with Crippen molar-refractivity contribution in [1.82, 2.24) is 19.8 Å². The van der Waals surface area contributed by atoms with E-state index in [9.17, 15) is 9.90 Å². The third-order valence-electron chi connectivity index (χ3n) is 8.05. The molecule has 5 rings (SSSR count). The van der Waals surface area contributed by atoms with Crippen molar-refractivity contribution in [3.63, 3.8) is 0 Å². The molecule has 0 spiro atoms. The number of aromatic nitrogens is 2. The molecule has 9 nitrogen and oxygen atoms in total. The van der Waals surface area contributed by atoms with Crippen LogP contribution >= 0.6 is 0 Å². The van der Waals surface area contributed by atoms with Gasteiger partial charge in [-0.1, -0.05) is 43.2 Å². The molecular weight excluding hydrogens is 506 g/mol. The molecule has 2 aromatic carbocycles. The number of benzene rings is 2. The molecule has 1 aliphatic heterocycles. The molecule has 40 heavy (non-hydrogen) atoms. The lowest BCUT2D eigenvalue weighted by Gasteiger charge is -2.41. The molecular formula is C31H37N5O4. The van der Waals surface area contributed by atoms with Crippen LogP contribution in [0.15, 0.2) is 60.9 Å². The van der Waals surface area contributed by atoms with Crippen molar-refractivity contribution >= 4 is 5.91 Å². The minimum absolute atomic E-state index is 0.0616. The van der Waals surface area contributed by atoms with Crippen LogP contribution in [0, 0.1) is 11.3 Å². The third-order valence-corrected chi connectivity index (χ3v) is 8.05. The Morgan fingerprint density at radius 1 is 1.20 bits per heavy atom. The van der Waals surface area contributed by atoms with Crippen LogP contribution in [0.1, 0.15) is 54.2 Å². The molecule has 9 heteroatoms. The van der Waals surface area contributed by atoms with E-state index in [0.717, 1.165) is 30.5 Å². The van der Waals surface area contributed by atoms with Crippen LogP contribution in [0.4, 0.5) is 0 Å². The summed E-state index contributed by atoms with van der Waals surface area (Å²) in [7, 11) is 1.61. The minimum atomic E-state index is -1.03. The summed E-state index contributed by atoms with van der Waals surface area (Å²) in [6.45, 7) is 2.61. The predicted molar refractivity (Wildman–Crippen MR) is 151 cm³/mol. The van der Waals surface area contributed by atoms with Gasteiger partial charge in [-0.25, -0.2) is 4.98 Å². The molecule has 1 saturated heterocycles. The first kappa shape index (κ1) is 27.8. The second-order valence-electron chi connectivity index (χ2n) is 10.6. The number of ether oxygens (including phenoxy) is 2. The van der Waals surface area contributed by atoms with E-state index in [2.05, 4.69) is 16.4 Å². The van der Waals surface area contributed by atoms with Crippen LogP contribution in [-0.2, 0) is 4.74 Å². The quantitative estimate of drug-likeness (QED) is 0.422. The standard InChI is InChI=1S/C31H37N5O4/c1-39-21-31(38)15-6-5-9-27(31)36-22-34-28(29(36)24-7-3-2-4-8-24)30(37)35-17-16-33-20-25(35)14-18-40-26-12-10-23(19-32)11-13-26/h2-4,7-8,10-13,22,25,27,33,38H,5-6,9,14-18,20-21H2,1H3/t25?,27-,31+/m1/s1. The fourth-order valence-electron chi connectivity index (χ4n) is 6.02. The zero-order valence-electron chi connectivity index (χ0n) is 23.0. The monoisotopic (exact) mass is 543 g/mol. The maximum Gasteiger partial charge on any atom is 0.275 e. The normalized spacial score (nSPS) is 23.0. The van der Waals surface area contributed by atoms with E-state index in [1.165, 1.54) is 0 Å². The molecule has 2 fully saturated rings. The number of aliphatic hydroxyl groups is 1. The van der Waals surface area contributed by atoms with Crippen LogP contribution < -0.4 is 10.1 Å². The van der Waals surface area contributed by atoms with Gasteiger partial charge in [-0.05, 0) is 37.1 Å². The van der Waals surface area contributed by atoms with Gasteiger partial charge in [0.15, 0.2) is 5.69 Å². The Labute approximate surface area is 235 Å². The molecule has 1 amide bonds. The van der Waals surface area contributed by atoms with Crippen LogP contribution in [0.5, 0.6) is 5.75 Å². The van der Waals surface area contributed by atoms with Crippen molar-refractivity contribution in [1.29, 1.82) is 5.26 Å². The summed E-state index contributed by atoms with van der Waals surface area (Å²) in [6, 6.07) is 18.7. The third kappa shape index (κ3) is 5.89. The smallest absolute Gasteiger partial charge is 0.275 e. The van der Waals surface area contributed by atoms with Crippen molar-refractivity contribution in [2.24, 2.45) is 0 Å². The molecule has 0 bridgehead atoms. The van der Waals surface area contributed by atoms with E-state index in [1.807, 2.05) is 39.8 Å². The van der Waals surface area contributed by atoms with Gasteiger partial charge >= 0.3 is 0 Å². The first-order valence-electron chi connectivity index (χ1n) is 14.0. The Balaban J connectivity index is 1.40. The van der Waals surface area contributed by atoms with Crippen molar-refractivity contribution in [3.8, 4) is 23.1 Å². The van der Waals surface area contributed by atoms with E-state index in [1.54, 1.807) is 37.7 Å². The summed E-state index contributed by atoms with van der Waals surface area (Å²) in [5.74, 6) is 0.579. The summed E-state index contributed by atoms with van der Waals surface area (Å²) in [5.41, 5.74) is 1.58. The minimum Gasteiger partial charge on any atom is -0.494 e. The molecule has 2 aliphatic rings. The number of nitrogens with zero attached hydrogens (tertiary/aromatic N) is 4. The van der Waals surface area contributed by atoms with Gasteiger partial charge in [0.2, 0.25) is 0 Å². The summed E-state index contributed by atoms with van der Waals surface area (Å²) in [5, 5.41) is 24.0. The van der Waals surface area contributed by atoms with Crippen LogP contribution in [0.3, 0.4) is 0 Å². The molecule has 3 atom stereocenters. The number of rotatable bonds is 9. The number of nitrogens with one attached hydrogen (secondary N) is 1. The molecule has 1 aromatic heterocycles. The number of carbonyl (C=O) groups excluding carboxylic acids is 1. The van der Waals surface area contributed by atoms with Crippen molar-refractivity contribution in [2.45, 2.75) is 49.8 Å². The molecule has 1 unspecified atom stereocenters. The van der Waals surface area contributed by atoms with Crippen molar-refractivity contribution in [3.05, 3.63) is 72.2 Å². The highest BCUT2D eigenvalue weighted by atomic mass is 16.5. The fourth-order valence-corrected chi connectivity index (χ4v) is 6.02. The number of carbonyl (C=O) groups is 1. The van der Waals surface area contributed by atoms with Gasteiger partial charge in [-0.3, -0.25) is 4.79 Å². The Morgan fingerprint density at radius 3 is 2.75 bits per heavy atom. The predicted octanol–water partition coefficient (Wildman–Crippen LogP) is 3.80. The first-order chi connectivity index (χ1) is 19.5. The molecule has 2 N–H and O–H groups in total. The Hall–Kier alpha value is -3.71. The van der Waals surface area contributed by atoms with Crippen molar-refractivity contribution < 1.29 is 19.4 Å². The topological polar surface area (TPSA) is 113 Å². The zero-order valence-corrected chi connectivity index (χ0v) is 23.0. The number of nitriles is 1. The van der Waals surface area contributed by atoms with E-state index in [-0.39, 0.29) is 24.6 Å². The number of methoxy groups -OCH3 is 1. The van der Waals surface area contributed by atoms with Gasteiger partial charge < -0.3 is 29.4 Å². The van der Waals surface area contributed by atoms with Gasteiger partial charge in [0.25, 0.3) is 5.91 Å². The highest BCUT2D eigenvalue weighted by molar-refractivity contribution is 5.98. The summed E-state index contributed by atoms with van der Waals surface area (Å²) < 4.78 is 13.4. The average molecular weight is 544 g/mol. The molecule has 2 heterocycles. The summed E-state index contributed by atoms with van der Waals surface area (Å²) in [4.78, 5) is 20.7. The fraction of sp³-hybridized carbons (Fsp3) is 0.452. The SMILES string of the molecule is COC[C@@]1(O)CCCC[C@H]1n1cnc(C(=O)N2CCNCC2CCOc2ccc(C#N)cc2)c1-c1ccccc1. The number of amides is 1. The van der Waals surface area contributed by atoms with Crippen LogP contribution in [0.2, 0.25) is 0 Å². The van der Waals surface area contributed by atoms with Gasteiger partial charge in [-0.15, -0.1) is 0 Å². The first-order valence-corrected chi connectivity index (χ1v) is 14.0. The Morgan fingerprint density at radius 2 is 2.00 bits per heavy atom. The average Bonchev–Trinajstić information content (AvgIpc) is 3.43. The van der Waals surface area contributed by atoms with Gasteiger partial charge in [0, 0.05) is 44.8 Å².